The molecule has 0 saturated heterocycles. The van der Waals surface area contributed by atoms with Crippen molar-refractivity contribution >= 4 is 0 Å². The van der Waals surface area contributed by atoms with Crippen LogP contribution in [0.4, 0.5) is 0 Å². The van der Waals surface area contributed by atoms with Crippen LogP contribution in [0.25, 0.3) is 0 Å². The van der Waals surface area contributed by atoms with Gasteiger partial charge in [-0.05, 0) is 18.8 Å². The van der Waals surface area contributed by atoms with Crippen LogP contribution < -0.4 is 0 Å². The van der Waals surface area contributed by atoms with Gasteiger partial charge in [-0.3, -0.25) is 0 Å². The van der Waals surface area contributed by atoms with Crippen LogP contribution in [-0.2, 0) is 4.74 Å². The minimum Gasteiger partial charge on any atom is -0.381 e. The SMILES string of the molecule is C=CC(=C)CC(CC(C)C)OC. The average molecular weight is 168 g/mol. The molecule has 0 fully saturated rings. The first kappa shape index (κ1) is 11.4. The smallest absolute Gasteiger partial charge is 0.0613 e. The lowest BCUT2D eigenvalue weighted by atomic mass is 10.0. The van der Waals surface area contributed by atoms with E-state index in [1.807, 2.05) is 0 Å². The predicted octanol–water partition coefficient (Wildman–Crippen LogP) is 3.18. The van der Waals surface area contributed by atoms with Gasteiger partial charge in [0, 0.05) is 7.11 Å². The van der Waals surface area contributed by atoms with Gasteiger partial charge in [-0.1, -0.05) is 38.7 Å². The van der Waals surface area contributed by atoms with Crippen LogP contribution in [0, 0.1) is 5.92 Å². The molecule has 0 bridgehead atoms. The molecular formula is C11H20O. The van der Waals surface area contributed by atoms with Gasteiger partial charge in [0.05, 0.1) is 6.10 Å². The van der Waals surface area contributed by atoms with E-state index in [1.54, 1.807) is 13.2 Å². The Balaban J connectivity index is 3.82. The molecule has 0 aliphatic rings. The molecule has 0 saturated carbocycles. The van der Waals surface area contributed by atoms with E-state index in [9.17, 15) is 0 Å². The van der Waals surface area contributed by atoms with Crippen molar-refractivity contribution in [3.63, 3.8) is 0 Å². The van der Waals surface area contributed by atoms with Crippen LogP contribution in [0.1, 0.15) is 26.7 Å². The summed E-state index contributed by atoms with van der Waals surface area (Å²) in [5, 5.41) is 0. The summed E-state index contributed by atoms with van der Waals surface area (Å²) >= 11 is 0. The summed E-state index contributed by atoms with van der Waals surface area (Å²) in [7, 11) is 1.75. The van der Waals surface area contributed by atoms with E-state index in [1.165, 1.54) is 0 Å². The van der Waals surface area contributed by atoms with Crippen molar-refractivity contribution in [3.05, 3.63) is 24.8 Å². The molecule has 12 heavy (non-hydrogen) atoms. The third-order valence-corrected chi connectivity index (χ3v) is 1.85. The normalized spacial score (nSPS) is 13.0. The highest BCUT2D eigenvalue weighted by molar-refractivity contribution is 5.11. The lowest BCUT2D eigenvalue weighted by Crippen LogP contribution is -2.13. The van der Waals surface area contributed by atoms with Gasteiger partial charge >= 0.3 is 0 Å². The number of ether oxygens (including phenoxy) is 1. The van der Waals surface area contributed by atoms with Gasteiger partial charge in [-0.15, -0.1) is 0 Å². The first-order valence-corrected chi connectivity index (χ1v) is 4.43. The van der Waals surface area contributed by atoms with E-state index in [2.05, 4.69) is 27.0 Å². The van der Waals surface area contributed by atoms with Gasteiger partial charge < -0.3 is 4.74 Å². The Morgan fingerprint density at radius 2 is 2.08 bits per heavy atom. The Kier molecular flexibility index (Phi) is 5.73. The second-order valence-electron chi connectivity index (χ2n) is 3.55. The summed E-state index contributed by atoms with van der Waals surface area (Å²) in [6.45, 7) is 11.9. The summed E-state index contributed by atoms with van der Waals surface area (Å²) in [4.78, 5) is 0. The van der Waals surface area contributed by atoms with Gasteiger partial charge in [-0.2, -0.15) is 0 Å². The Morgan fingerprint density at radius 1 is 1.50 bits per heavy atom. The largest absolute Gasteiger partial charge is 0.381 e. The Bertz CT molecular complexity index is 147. The van der Waals surface area contributed by atoms with Gasteiger partial charge in [0.1, 0.15) is 0 Å². The Labute approximate surface area is 76.1 Å². The van der Waals surface area contributed by atoms with Crippen LogP contribution in [0.5, 0.6) is 0 Å². The standard InChI is InChI=1S/C11H20O/c1-6-10(4)8-11(12-5)7-9(2)3/h6,9,11H,1,4,7-8H2,2-3,5H3. The molecule has 0 aromatic heterocycles. The third kappa shape index (κ3) is 5.14. The Hall–Kier alpha value is -0.560. The van der Waals surface area contributed by atoms with Gasteiger partial charge in [0.25, 0.3) is 0 Å². The summed E-state index contributed by atoms with van der Waals surface area (Å²) in [5.41, 5.74) is 1.06. The molecule has 0 aromatic rings. The maximum absolute atomic E-state index is 5.32. The summed E-state index contributed by atoms with van der Waals surface area (Å²) < 4.78 is 5.32. The summed E-state index contributed by atoms with van der Waals surface area (Å²) in [6, 6.07) is 0. The second kappa shape index (κ2) is 6.01. The fraction of sp³-hybridized carbons (Fsp3) is 0.636. The van der Waals surface area contributed by atoms with Crippen LogP contribution in [-0.4, -0.2) is 13.2 Å². The van der Waals surface area contributed by atoms with Crippen molar-refractivity contribution in [2.45, 2.75) is 32.8 Å². The third-order valence-electron chi connectivity index (χ3n) is 1.85. The van der Waals surface area contributed by atoms with Crippen molar-refractivity contribution in [1.82, 2.24) is 0 Å². The molecule has 1 atom stereocenters. The first-order valence-electron chi connectivity index (χ1n) is 4.43. The van der Waals surface area contributed by atoms with Crippen molar-refractivity contribution in [1.29, 1.82) is 0 Å². The molecule has 70 valence electrons. The van der Waals surface area contributed by atoms with E-state index < -0.39 is 0 Å². The zero-order valence-electron chi connectivity index (χ0n) is 8.47. The molecule has 0 aliphatic heterocycles. The minimum atomic E-state index is 0.301. The van der Waals surface area contributed by atoms with Crippen molar-refractivity contribution < 1.29 is 4.74 Å². The van der Waals surface area contributed by atoms with Gasteiger partial charge in [0.2, 0.25) is 0 Å². The van der Waals surface area contributed by atoms with Crippen molar-refractivity contribution in [2.24, 2.45) is 5.92 Å². The molecule has 0 amide bonds. The molecule has 0 heterocycles. The monoisotopic (exact) mass is 168 g/mol. The highest BCUT2D eigenvalue weighted by Crippen LogP contribution is 2.15. The number of methoxy groups -OCH3 is 1. The molecule has 0 rings (SSSR count). The van der Waals surface area contributed by atoms with Crippen LogP contribution in [0.3, 0.4) is 0 Å². The lowest BCUT2D eigenvalue weighted by Gasteiger charge is -2.17. The quantitative estimate of drug-likeness (QED) is 0.553. The van der Waals surface area contributed by atoms with E-state index in [0.717, 1.165) is 18.4 Å². The molecule has 1 nitrogen and oxygen atoms in total. The van der Waals surface area contributed by atoms with E-state index in [-0.39, 0.29) is 0 Å². The summed E-state index contributed by atoms with van der Waals surface area (Å²) in [6.07, 6.45) is 4.09. The molecular weight excluding hydrogens is 148 g/mol. The second-order valence-corrected chi connectivity index (χ2v) is 3.55. The topological polar surface area (TPSA) is 9.23 Å². The average Bonchev–Trinajstić information content (AvgIpc) is 2.02. The highest BCUT2D eigenvalue weighted by Gasteiger charge is 2.09. The number of hydrogen-bond acceptors (Lipinski definition) is 1. The van der Waals surface area contributed by atoms with Gasteiger partial charge in [0.15, 0.2) is 0 Å². The van der Waals surface area contributed by atoms with Gasteiger partial charge in [-0.25, -0.2) is 0 Å². The zero-order valence-corrected chi connectivity index (χ0v) is 8.47. The van der Waals surface area contributed by atoms with Crippen LogP contribution in [0.15, 0.2) is 24.8 Å². The first-order chi connectivity index (χ1) is 5.60. The maximum atomic E-state index is 5.32. The van der Waals surface area contributed by atoms with E-state index in [4.69, 9.17) is 4.74 Å². The molecule has 0 radical (unpaired) electrons. The molecule has 0 aromatic carbocycles. The number of hydrogen-bond donors (Lipinski definition) is 0. The molecule has 1 heteroatoms. The van der Waals surface area contributed by atoms with Crippen molar-refractivity contribution in [3.8, 4) is 0 Å². The minimum absolute atomic E-state index is 0.301. The number of rotatable bonds is 6. The van der Waals surface area contributed by atoms with E-state index >= 15 is 0 Å². The lowest BCUT2D eigenvalue weighted by molar-refractivity contribution is 0.0855. The van der Waals surface area contributed by atoms with E-state index in [0.29, 0.717) is 12.0 Å². The maximum Gasteiger partial charge on any atom is 0.0613 e. The fourth-order valence-electron chi connectivity index (χ4n) is 1.16. The molecule has 0 N–H and O–H groups in total. The van der Waals surface area contributed by atoms with Crippen LogP contribution in [0.2, 0.25) is 0 Å². The molecule has 1 unspecified atom stereocenters. The number of allylic oxidation sites excluding steroid dienone is 1. The molecule has 0 aliphatic carbocycles. The van der Waals surface area contributed by atoms with Crippen LogP contribution >= 0.6 is 0 Å². The Morgan fingerprint density at radius 3 is 2.42 bits per heavy atom. The summed E-state index contributed by atoms with van der Waals surface area (Å²) in [5.74, 6) is 0.674. The predicted molar refractivity (Wildman–Crippen MR) is 54.2 cm³/mol. The molecule has 0 spiro atoms. The zero-order chi connectivity index (χ0) is 9.56. The van der Waals surface area contributed by atoms with Crippen molar-refractivity contribution in [2.75, 3.05) is 7.11 Å². The fourth-order valence-corrected chi connectivity index (χ4v) is 1.16. The highest BCUT2D eigenvalue weighted by atomic mass is 16.5.